The molecule has 0 aliphatic heterocycles. The molecule has 0 atom stereocenters. The third-order valence-corrected chi connectivity index (χ3v) is 4.01. The van der Waals surface area contributed by atoms with E-state index >= 15 is 0 Å². The molecule has 0 radical (unpaired) electrons. The molecule has 0 aliphatic rings. The summed E-state index contributed by atoms with van der Waals surface area (Å²) in [5.41, 5.74) is 1.35. The summed E-state index contributed by atoms with van der Waals surface area (Å²) in [5.74, 6) is 0. The van der Waals surface area contributed by atoms with E-state index in [9.17, 15) is 0 Å². The molecule has 56 valence electrons. The van der Waals surface area contributed by atoms with Gasteiger partial charge in [-0.1, -0.05) is 0 Å². The molecule has 0 spiro atoms. The minimum Gasteiger partial charge on any atom is -0.152 e. The predicted octanol–water partition coefficient (Wildman–Crippen LogP) is 4.08. The van der Waals surface area contributed by atoms with Crippen LogP contribution in [-0.4, -0.2) is 0 Å². The van der Waals surface area contributed by atoms with Crippen molar-refractivity contribution >= 4 is 45.3 Å². The first-order valence-corrected chi connectivity index (χ1v) is 5.98. The Morgan fingerprint density at radius 2 is 2.09 bits per heavy atom. The fourth-order valence-electron chi connectivity index (χ4n) is 0.874. The van der Waals surface area contributed by atoms with Crippen molar-refractivity contribution in [3.63, 3.8) is 0 Å². The molecule has 2 heterocycles. The molecular weight excluding hydrogens is 287 g/mol. The van der Waals surface area contributed by atoms with Gasteiger partial charge in [0, 0.05) is 10.4 Å². The summed E-state index contributed by atoms with van der Waals surface area (Å²) in [6.07, 6.45) is 0. The summed E-state index contributed by atoms with van der Waals surface area (Å²) in [6, 6.07) is 6.49. The van der Waals surface area contributed by atoms with Crippen molar-refractivity contribution in [2.75, 3.05) is 0 Å². The first kappa shape index (κ1) is 7.76. The monoisotopic (exact) mass is 292 g/mol. The molecule has 0 amide bonds. The normalized spacial score (nSPS) is 10.3. The van der Waals surface area contributed by atoms with Crippen molar-refractivity contribution < 1.29 is 0 Å². The number of thiophene rings is 2. The van der Waals surface area contributed by atoms with Crippen LogP contribution in [0.15, 0.2) is 29.0 Å². The van der Waals surface area contributed by atoms with Crippen molar-refractivity contribution in [1.82, 2.24) is 0 Å². The van der Waals surface area contributed by atoms with Crippen molar-refractivity contribution in [2.24, 2.45) is 0 Å². The van der Waals surface area contributed by atoms with Gasteiger partial charge in [0.05, 0.1) is 2.88 Å². The quantitative estimate of drug-likeness (QED) is 0.695. The van der Waals surface area contributed by atoms with E-state index < -0.39 is 0 Å². The third kappa shape index (κ3) is 1.65. The lowest BCUT2D eigenvalue weighted by Gasteiger charge is -1.86. The summed E-state index contributed by atoms with van der Waals surface area (Å²) in [4.78, 5) is 1.37. The van der Waals surface area contributed by atoms with E-state index in [1.165, 1.54) is 13.3 Å². The van der Waals surface area contributed by atoms with E-state index in [0.29, 0.717) is 0 Å². The molecule has 0 unspecified atom stereocenters. The molecule has 11 heavy (non-hydrogen) atoms. The van der Waals surface area contributed by atoms with Gasteiger partial charge in [0.15, 0.2) is 0 Å². The minimum atomic E-state index is 1.35. The summed E-state index contributed by atoms with van der Waals surface area (Å²) < 4.78 is 1.35. The number of halogens is 1. The zero-order chi connectivity index (χ0) is 7.68. The van der Waals surface area contributed by atoms with Gasteiger partial charge >= 0.3 is 0 Å². The molecule has 0 fully saturated rings. The van der Waals surface area contributed by atoms with Gasteiger partial charge in [0.25, 0.3) is 0 Å². The zero-order valence-electron chi connectivity index (χ0n) is 5.58. The van der Waals surface area contributed by atoms with Crippen LogP contribution in [0.4, 0.5) is 0 Å². The Balaban J connectivity index is 2.45. The second-order valence-electron chi connectivity index (χ2n) is 2.12. The molecule has 2 aromatic heterocycles. The summed E-state index contributed by atoms with van der Waals surface area (Å²) in [5, 5.41) is 4.30. The van der Waals surface area contributed by atoms with E-state index in [1.54, 1.807) is 11.3 Å². The molecule has 0 aliphatic carbocycles. The van der Waals surface area contributed by atoms with Crippen LogP contribution in [0.5, 0.6) is 0 Å². The van der Waals surface area contributed by atoms with Crippen LogP contribution in [0.1, 0.15) is 0 Å². The Labute approximate surface area is 87.0 Å². The van der Waals surface area contributed by atoms with Gasteiger partial charge in [0.1, 0.15) is 0 Å². The lowest BCUT2D eigenvalue weighted by molar-refractivity contribution is 1.88. The Bertz CT molecular complexity index is 335. The van der Waals surface area contributed by atoms with E-state index in [4.69, 9.17) is 0 Å². The van der Waals surface area contributed by atoms with Gasteiger partial charge in [-0.25, -0.2) is 0 Å². The van der Waals surface area contributed by atoms with Gasteiger partial charge in [-0.3, -0.25) is 0 Å². The fraction of sp³-hybridized carbons (Fsp3) is 0. The molecule has 0 N–H and O–H groups in total. The van der Waals surface area contributed by atoms with Crippen LogP contribution >= 0.6 is 45.3 Å². The van der Waals surface area contributed by atoms with Crippen LogP contribution in [0.3, 0.4) is 0 Å². The molecule has 3 heteroatoms. The van der Waals surface area contributed by atoms with Gasteiger partial charge in [-0.2, -0.15) is 11.3 Å². The van der Waals surface area contributed by atoms with Crippen molar-refractivity contribution in [3.05, 3.63) is 31.8 Å². The second kappa shape index (κ2) is 3.25. The molecule has 0 bridgehead atoms. The van der Waals surface area contributed by atoms with Gasteiger partial charge < -0.3 is 0 Å². The first-order chi connectivity index (χ1) is 5.36. The van der Waals surface area contributed by atoms with Gasteiger partial charge in [-0.15, -0.1) is 11.3 Å². The lowest BCUT2D eigenvalue weighted by atomic mass is 10.3. The third-order valence-electron chi connectivity index (χ3n) is 1.38. The van der Waals surface area contributed by atoms with Gasteiger partial charge in [0.2, 0.25) is 0 Å². The lowest BCUT2D eigenvalue weighted by Crippen LogP contribution is -1.58. The van der Waals surface area contributed by atoms with E-state index in [-0.39, 0.29) is 0 Å². The molecular formula is C8H5IS2. The fourth-order valence-corrected chi connectivity index (χ4v) is 3.22. The highest BCUT2D eigenvalue weighted by atomic mass is 127. The van der Waals surface area contributed by atoms with E-state index in [2.05, 4.69) is 51.6 Å². The largest absolute Gasteiger partial charge is 0.152 e. The standard InChI is InChI=1S/C8H5IS2/c9-8-2-1-7(11-8)6-3-4-10-5-6/h1-5H. The number of rotatable bonds is 1. The molecule has 0 nitrogen and oxygen atoms in total. The maximum atomic E-state index is 2.35. The smallest absolute Gasteiger partial charge is 0.0660 e. The highest BCUT2D eigenvalue weighted by Gasteiger charge is 1.99. The molecule has 2 aromatic rings. The van der Waals surface area contributed by atoms with Crippen molar-refractivity contribution in [3.8, 4) is 10.4 Å². The number of hydrogen-bond acceptors (Lipinski definition) is 2. The zero-order valence-corrected chi connectivity index (χ0v) is 9.37. The topological polar surface area (TPSA) is 0 Å². The summed E-state index contributed by atoms with van der Waals surface area (Å²) in [6.45, 7) is 0. The maximum Gasteiger partial charge on any atom is 0.0660 e. The highest BCUT2D eigenvalue weighted by Crippen LogP contribution is 2.29. The van der Waals surface area contributed by atoms with Gasteiger partial charge in [-0.05, 0) is 51.6 Å². The molecule has 2 rings (SSSR count). The number of hydrogen-bond donors (Lipinski definition) is 0. The minimum absolute atomic E-state index is 1.35. The average molecular weight is 292 g/mol. The van der Waals surface area contributed by atoms with E-state index in [0.717, 1.165) is 0 Å². The molecule has 0 aromatic carbocycles. The Kier molecular flexibility index (Phi) is 2.29. The molecule has 0 saturated heterocycles. The molecule has 0 saturated carbocycles. The predicted molar refractivity (Wildman–Crippen MR) is 60.3 cm³/mol. The Morgan fingerprint density at radius 1 is 1.18 bits per heavy atom. The van der Waals surface area contributed by atoms with Crippen LogP contribution in [0, 0.1) is 2.88 Å². The van der Waals surface area contributed by atoms with Crippen LogP contribution in [0.25, 0.3) is 10.4 Å². The highest BCUT2D eigenvalue weighted by molar-refractivity contribution is 14.1. The Morgan fingerprint density at radius 3 is 2.64 bits per heavy atom. The maximum absolute atomic E-state index is 2.35. The average Bonchev–Trinajstić information content (AvgIpc) is 2.55. The van der Waals surface area contributed by atoms with Crippen LogP contribution < -0.4 is 0 Å². The first-order valence-electron chi connectivity index (χ1n) is 3.14. The van der Waals surface area contributed by atoms with Crippen LogP contribution in [0.2, 0.25) is 0 Å². The van der Waals surface area contributed by atoms with Crippen molar-refractivity contribution in [1.29, 1.82) is 0 Å². The van der Waals surface area contributed by atoms with Crippen molar-refractivity contribution in [2.45, 2.75) is 0 Å². The van der Waals surface area contributed by atoms with E-state index in [1.807, 2.05) is 11.3 Å². The second-order valence-corrected chi connectivity index (χ2v) is 5.87. The van der Waals surface area contributed by atoms with Crippen LogP contribution in [-0.2, 0) is 0 Å². The SMILES string of the molecule is Ic1ccc(-c2ccsc2)s1. The summed E-state index contributed by atoms with van der Waals surface area (Å²) >= 11 is 5.93. The Hall–Kier alpha value is 0.130. The summed E-state index contributed by atoms with van der Waals surface area (Å²) in [7, 11) is 0.